The van der Waals surface area contributed by atoms with Gasteiger partial charge >= 0.3 is 0 Å². The molecule has 0 atom stereocenters. The first-order valence-corrected chi connectivity index (χ1v) is 9.69. The maximum Gasteiger partial charge on any atom is 0.179 e. The van der Waals surface area contributed by atoms with Gasteiger partial charge in [-0.2, -0.15) is 0 Å². The first-order valence-electron chi connectivity index (χ1n) is 6.26. The SMILES string of the molecule is COc1ccc(SCCS(=O)(=O)c2ccc(Br)cc2)cc1. The quantitative estimate of drug-likeness (QED) is 0.703. The Labute approximate surface area is 137 Å². The Morgan fingerprint density at radius 1 is 1.05 bits per heavy atom. The molecular weight excluding hydrogens is 372 g/mol. The molecule has 0 spiro atoms. The lowest BCUT2D eigenvalue weighted by atomic mass is 10.3. The van der Waals surface area contributed by atoms with Crippen LogP contribution in [0.5, 0.6) is 5.75 Å². The van der Waals surface area contributed by atoms with E-state index >= 15 is 0 Å². The standard InChI is InChI=1S/C15H15BrO3S2/c1-19-13-4-6-14(7-5-13)20-10-11-21(17,18)15-8-2-12(16)3-9-15/h2-9H,10-11H2,1H3. The zero-order valence-corrected chi connectivity index (χ0v) is 14.7. The fourth-order valence-corrected chi connectivity index (χ4v) is 4.53. The van der Waals surface area contributed by atoms with Gasteiger partial charge in [0.1, 0.15) is 5.75 Å². The number of sulfone groups is 1. The summed E-state index contributed by atoms with van der Waals surface area (Å²) < 4.78 is 30.3. The number of methoxy groups -OCH3 is 1. The van der Waals surface area contributed by atoms with E-state index in [1.54, 1.807) is 31.4 Å². The third kappa shape index (κ3) is 4.76. The van der Waals surface area contributed by atoms with Crippen LogP contribution in [-0.4, -0.2) is 27.0 Å². The van der Waals surface area contributed by atoms with Crippen molar-refractivity contribution in [2.24, 2.45) is 0 Å². The van der Waals surface area contributed by atoms with E-state index in [1.807, 2.05) is 24.3 Å². The molecule has 0 saturated carbocycles. The lowest BCUT2D eigenvalue weighted by molar-refractivity contribution is 0.414. The van der Waals surface area contributed by atoms with Crippen molar-refractivity contribution in [1.29, 1.82) is 0 Å². The molecule has 112 valence electrons. The van der Waals surface area contributed by atoms with E-state index < -0.39 is 9.84 Å². The Morgan fingerprint density at radius 2 is 1.67 bits per heavy atom. The van der Waals surface area contributed by atoms with E-state index in [2.05, 4.69) is 15.9 Å². The van der Waals surface area contributed by atoms with Crippen LogP contribution < -0.4 is 4.74 Å². The minimum Gasteiger partial charge on any atom is -0.497 e. The molecule has 0 saturated heterocycles. The molecule has 0 bridgehead atoms. The monoisotopic (exact) mass is 386 g/mol. The van der Waals surface area contributed by atoms with Crippen molar-refractivity contribution in [1.82, 2.24) is 0 Å². The predicted octanol–water partition coefficient (Wildman–Crippen LogP) is 4.02. The number of thioether (sulfide) groups is 1. The van der Waals surface area contributed by atoms with Crippen LogP contribution in [0.3, 0.4) is 0 Å². The van der Waals surface area contributed by atoms with Gasteiger partial charge in [-0.15, -0.1) is 11.8 Å². The van der Waals surface area contributed by atoms with Gasteiger partial charge in [0.2, 0.25) is 0 Å². The molecule has 0 amide bonds. The second-order valence-corrected chi connectivity index (χ2v) is 8.49. The van der Waals surface area contributed by atoms with Gasteiger partial charge in [0, 0.05) is 15.1 Å². The highest BCUT2D eigenvalue weighted by atomic mass is 79.9. The molecule has 0 N–H and O–H groups in total. The molecule has 6 heteroatoms. The number of rotatable bonds is 6. The Hall–Kier alpha value is -0.980. The molecule has 2 rings (SSSR count). The highest BCUT2D eigenvalue weighted by Crippen LogP contribution is 2.23. The van der Waals surface area contributed by atoms with Crippen molar-refractivity contribution in [3.05, 3.63) is 53.0 Å². The van der Waals surface area contributed by atoms with Crippen molar-refractivity contribution >= 4 is 37.5 Å². The highest BCUT2D eigenvalue weighted by molar-refractivity contribution is 9.10. The first-order chi connectivity index (χ1) is 10.0. The average Bonchev–Trinajstić information content (AvgIpc) is 2.48. The fraction of sp³-hybridized carbons (Fsp3) is 0.200. The normalized spacial score (nSPS) is 11.3. The summed E-state index contributed by atoms with van der Waals surface area (Å²) in [4.78, 5) is 1.39. The molecule has 0 aromatic heterocycles. The molecule has 2 aromatic carbocycles. The third-order valence-electron chi connectivity index (χ3n) is 2.85. The van der Waals surface area contributed by atoms with Crippen molar-refractivity contribution < 1.29 is 13.2 Å². The first kappa shape index (κ1) is 16.4. The van der Waals surface area contributed by atoms with E-state index in [0.717, 1.165) is 15.1 Å². The van der Waals surface area contributed by atoms with Crippen LogP contribution in [0, 0.1) is 0 Å². The zero-order chi connectivity index (χ0) is 15.3. The van der Waals surface area contributed by atoms with Crippen molar-refractivity contribution in [2.45, 2.75) is 9.79 Å². The van der Waals surface area contributed by atoms with E-state index in [9.17, 15) is 8.42 Å². The molecule has 0 aliphatic heterocycles. The summed E-state index contributed by atoms with van der Waals surface area (Å²) in [5.41, 5.74) is 0. The van der Waals surface area contributed by atoms with Crippen molar-refractivity contribution in [3.8, 4) is 5.75 Å². The lowest BCUT2D eigenvalue weighted by Crippen LogP contribution is -2.08. The lowest BCUT2D eigenvalue weighted by Gasteiger charge is -2.05. The summed E-state index contributed by atoms with van der Waals surface area (Å²) in [7, 11) is -1.61. The molecule has 0 radical (unpaired) electrons. The van der Waals surface area contributed by atoms with Crippen LogP contribution in [-0.2, 0) is 9.84 Å². The van der Waals surface area contributed by atoms with Crippen LogP contribution in [0.2, 0.25) is 0 Å². The summed E-state index contributed by atoms with van der Waals surface area (Å²) in [6, 6.07) is 14.3. The van der Waals surface area contributed by atoms with E-state index in [0.29, 0.717) is 10.6 Å². The molecule has 2 aromatic rings. The van der Waals surface area contributed by atoms with Crippen molar-refractivity contribution in [3.63, 3.8) is 0 Å². The van der Waals surface area contributed by atoms with Crippen LogP contribution >= 0.6 is 27.7 Å². The summed E-state index contributed by atoms with van der Waals surface area (Å²) in [5, 5.41) is 0. The molecular formula is C15H15BrO3S2. The Kier molecular flexibility index (Phi) is 5.72. The number of benzene rings is 2. The predicted molar refractivity (Wildman–Crippen MR) is 89.9 cm³/mol. The van der Waals surface area contributed by atoms with E-state index in [4.69, 9.17) is 4.74 Å². The van der Waals surface area contributed by atoms with Gasteiger partial charge in [0.05, 0.1) is 17.8 Å². The molecule has 3 nitrogen and oxygen atoms in total. The summed E-state index contributed by atoms with van der Waals surface area (Å²) in [6.07, 6.45) is 0. The number of ether oxygens (including phenoxy) is 1. The number of hydrogen-bond donors (Lipinski definition) is 0. The molecule has 0 unspecified atom stereocenters. The van der Waals surface area contributed by atoms with E-state index in [-0.39, 0.29) is 5.75 Å². The van der Waals surface area contributed by atoms with Crippen LogP contribution in [0.25, 0.3) is 0 Å². The average molecular weight is 387 g/mol. The molecule has 0 fully saturated rings. The maximum absolute atomic E-state index is 12.2. The summed E-state index contributed by atoms with van der Waals surface area (Å²) in [5.74, 6) is 1.43. The second-order valence-electron chi connectivity index (χ2n) is 4.30. The molecule has 21 heavy (non-hydrogen) atoms. The largest absolute Gasteiger partial charge is 0.497 e. The third-order valence-corrected chi connectivity index (χ3v) is 6.39. The molecule has 0 aliphatic carbocycles. The maximum atomic E-state index is 12.2. The van der Waals surface area contributed by atoms with Gasteiger partial charge in [0.25, 0.3) is 0 Å². The highest BCUT2D eigenvalue weighted by Gasteiger charge is 2.14. The molecule has 0 aliphatic rings. The van der Waals surface area contributed by atoms with Crippen LogP contribution in [0.1, 0.15) is 0 Å². The summed E-state index contributed by atoms with van der Waals surface area (Å²) in [6.45, 7) is 0. The summed E-state index contributed by atoms with van der Waals surface area (Å²) >= 11 is 4.82. The van der Waals surface area contributed by atoms with Gasteiger partial charge in [0.15, 0.2) is 9.84 Å². The minimum atomic E-state index is -3.23. The zero-order valence-electron chi connectivity index (χ0n) is 11.5. The van der Waals surface area contributed by atoms with Gasteiger partial charge in [-0.1, -0.05) is 15.9 Å². The fourth-order valence-electron chi connectivity index (χ4n) is 1.70. The number of halogens is 1. The Morgan fingerprint density at radius 3 is 2.24 bits per heavy atom. The van der Waals surface area contributed by atoms with Crippen molar-refractivity contribution in [2.75, 3.05) is 18.6 Å². The second kappa shape index (κ2) is 7.33. The Bertz CT molecular complexity index is 680. The van der Waals surface area contributed by atoms with Gasteiger partial charge in [-0.25, -0.2) is 8.42 Å². The topological polar surface area (TPSA) is 43.4 Å². The number of hydrogen-bond acceptors (Lipinski definition) is 4. The van der Waals surface area contributed by atoms with Crippen LogP contribution in [0.15, 0.2) is 62.8 Å². The van der Waals surface area contributed by atoms with Gasteiger partial charge in [-0.3, -0.25) is 0 Å². The van der Waals surface area contributed by atoms with E-state index in [1.165, 1.54) is 11.8 Å². The van der Waals surface area contributed by atoms with Gasteiger partial charge < -0.3 is 4.74 Å². The molecule has 0 heterocycles. The van der Waals surface area contributed by atoms with Gasteiger partial charge in [-0.05, 0) is 48.5 Å². The Balaban J connectivity index is 1.93. The minimum absolute atomic E-state index is 0.116. The smallest absolute Gasteiger partial charge is 0.179 e. The van der Waals surface area contributed by atoms with Crippen LogP contribution in [0.4, 0.5) is 0 Å².